The van der Waals surface area contributed by atoms with Crippen LogP contribution >= 0.6 is 0 Å². The van der Waals surface area contributed by atoms with Gasteiger partial charge in [0.2, 0.25) is 0 Å². The molecule has 9 heteroatoms. The predicted octanol–water partition coefficient (Wildman–Crippen LogP) is 3.16. The maximum Gasteiger partial charge on any atom is 0.416 e. The van der Waals surface area contributed by atoms with Gasteiger partial charge >= 0.3 is 6.18 Å². The molecule has 0 amide bonds. The fourth-order valence-corrected chi connectivity index (χ4v) is 2.58. The molecule has 140 valence electrons. The third-order valence-corrected chi connectivity index (χ3v) is 3.98. The fraction of sp³-hybridized carbons (Fsp3) is 0.412. The Morgan fingerprint density at radius 1 is 1.27 bits per heavy atom. The number of hydrogen-bond donors (Lipinski definition) is 1. The average Bonchev–Trinajstić information content (AvgIpc) is 3.04. The molecule has 0 unspecified atom stereocenters. The molecule has 1 N–H and O–H groups in total. The molecule has 6 nitrogen and oxygen atoms in total. The number of aliphatic hydroxyl groups is 1. The maximum absolute atomic E-state index is 12.6. The molecule has 1 aliphatic rings. The van der Waals surface area contributed by atoms with Crippen LogP contribution in [-0.4, -0.2) is 39.9 Å². The van der Waals surface area contributed by atoms with Crippen molar-refractivity contribution in [3.05, 3.63) is 53.3 Å². The molecule has 0 radical (unpaired) electrons. The molecule has 1 fully saturated rings. The largest absolute Gasteiger partial charge is 0.510 e. The highest BCUT2D eigenvalue weighted by Gasteiger charge is 2.34. The Morgan fingerprint density at radius 2 is 1.92 bits per heavy atom. The van der Waals surface area contributed by atoms with Gasteiger partial charge in [0, 0.05) is 0 Å². The number of rotatable bonds is 4. The Bertz CT molecular complexity index is 779. The minimum absolute atomic E-state index is 0.0474. The molecule has 0 saturated carbocycles. The maximum atomic E-state index is 12.6. The minimum atomic E-state index is -4.38. The second-order valence-electron chi connectivity index (χ2n) is 6.40. The molecule has 0 bridgehead atoms. The molecular weight excluding hydrogens is 351 g/mol. The zero-order chi connectivity index (χ0) is 18.8. The molecule has 1 aromatic carbocycles. The Labute approximate surface area is 147 Å². The molecule has 2 heterocycles. The second-order valence-corrected chi connectivity index (χ2v) is 6.40. The normalized spacial score (nSPS) is 18.1. The summed E-state index contributed by atoms with van der Waals surface area (Å²) in [6.07, 6.45) is -1.52. The summed E-state index contributed by atoms with van der Waals surface area (Å²) < 4.78 is 49.7. The third-order valence-electron chi connectivity index (χ3n) is 3.98. The Hall–Kier alpha value is -2.39. The van der Waals surface area contributed by atoms with Crippen LogP contribution in [0.25, 0.3) is 6.08 Å². The van der Waals surface area contributed by atoms with Crippen LogP contribution in [0.3, 0.4) is 0 Å². The molecule has 1 saturated heterocycles. The van der Waals surface area contributed by atoms with E-state index in [0.29, 0.717) is 24.6 Å². The first-order chi connectivity index (χ1) is 12.3. The van der Waals surface area contributed by atoms with E-state index < -0.39 is 17.2 Å². The van der Waals surface area contributed by atoms with Crippen LogP contribution in [0.5, 0.6) is 0 Å². The first-order valence-electron chi connectivity index (χ1n) is 7.88. The molecular formula is C17H18F3N3O3. The molecule has 1 aromatic heterocycles. The summed E-state index contributed by atoms with van der Waals surface area (Å²) >= 11 is 0. The topological polar surface area (TPSA) is 69.4 Å². The summed E-state index contributed by atoms with van der Waals surface area (Å²) in [5.74, 6) is 0.488. The highest BCUT2D eigenvalue weighted by atomic mass is 19.4. The van der Waals surface area contributed by atoms with E-state index in [4.69, 9.17) is 9.47 Å². The van der Waals surface area contributed by atoms with Crippen LogP contribution in [0.4, 0.5) is 13.2 Å². The van der Waals surface area contributed by atoms with Crippen LogP contribution in [0.2, 0.25) is 0 Å². The molecule has 0 spiro atoms. The number of aromatic nitrogens is 3. The van der Waals surface area contributed by atoms with Crippen LogP contribution in [0.15, 0.2) is 36.4 Å². The van der Waals surface area contributed by atoms with Crippen molar-refractivity contribution >= 4 is 6.08 Å². The van der Waals surface area contributed by atoms with Crippen molar-refractivity contribution in [1.82, 2.24) is 14.8 Å². The van der Waals surface area contributed by atoms with E-state index in [0.717, 1.165) is 12.1 Å². The molecule has 2 aromatic rings. The van der Waals surface area contributed by atoms with Crippen molar-refractivity contribution in [2.75, 3.05) is 20.0 Å². The molecule has 3 rings (SSSR count). The first-order valence-corrected chi connectivity index (χ1v) is 7.88. The number of benzene rings is 1. The second kappa shape index (κ2) is 7.08. The number of hydrogen-bond acceptors (Lipinski definition) is 5. The highest BCUT2D eigenvalue weighted by molar-refractivity contribution is 5.51. The van der Waals surface area contributed by atoms with E-state index in [9.17, 15) is 18.3 Å². The van der Waals surface area contributed by atoms with Gasteiger partial charge in [0.1, 0.15) is 18.9 Å². The number of nitrogens with zero attached hydrogens (tertiary/aromatic N) is 3. The van der Waals surface area contributed by atoms with Gasteiger partial charge in [-0.05, 0) is 30.7 Å². The van der Waals surface area contributed by atoms with Gasteiger partial charge in [0.25, 0.3) is 0 Å². The lowest BCUT2D eigenvalue weighted by atomic mass is 9.91. The van der Waals surface area contributed by atoms with Gasteiger partial charge in [0.15, 0.2) is 5.82 Å². The highest BCUT2D eigenvalue weighted by Crippen LogP contribution is 2.29. The van der Waals surface area contributed by atoms with Crippen molar-refractivity contribution in [3.63, 3.8) is 0 Å². The molecule has 0 atom stereocenters. The number of alkyl halides is 3. The summed E-state index contributed by atoms with van der Waals surface area (Å²) in [5, 5.41) is 14.4. The molecule has 26 heavy (non-hydrogen) atoms. The summed E-state index contributed by atoms with van der Waals surface area (Å²) in [6, 6.07) is 4.53. The van der Waals surface area contributed by atoms with Gasteiger partial charge in [0.05, 0.1) is 30.7 Å². The van der Waals surface area contributed by atoms with Crippen molar-refractivity contribution in [2.45, 2.75) is 25.1 Å². The summed E-state index contributed by atoms with van der Waals surface area (Å²) in [4.78, 5) is 4.24. The van der Waals surface area contributed by atoms with E-state index in [2.05, 4.69) is 10.1 Å². The lowest BCUT2D eigenvalue weighted by molar-refractivity contribution is -0.137. The summed E-state index contributed by atoms with van der Waals surface area (Å²) in [7, 11) is 0. The third kappa shape index (κ3) is 4.23. The molecule has 1 aliphatic heterocycles. The van der Waals surface area contributed by atoms with Gasteiger partial charge in [-0.1, -0.05) is 12.1 Å². The lowest BCUT2D eigenvalue weighted by Gasteiger charge is -2.30. The average molecular weight is 369 g/mol. The number of halogens is 3. The smallest absolute Gasteiger partial charge is 0.416 e. The molecule has 0 aliphatic carbocycles. The number of allylic oxidation sites excluding steroid dienone is 1. The van der Waals surface area contributed by atoms with Crippen molar-refractivity contribution in [2.24, 2.45) is 0 Å². The van der Waals surface area contributed by atoms with Crippen LogP contribution in [0.1, 0.15) is 23.9 Å². The standard InChI is InChI=1S/C17H18F3N3O3/c1-16(8-25-11-26-9-16)15-21-10-23(22-15)7-14(24)6-12-2-4-13(5-3-12)17(18,19)20/h2-6,10,24H,7-9,11H2,1H3/b14-6+. The Kier molecular flexibility index (Phi) is 5.01. The van der Waals surface area contributed by atoms with E-state index in [1.165, 1.54) is 29.2 Å². The van der Waals surface area contributed by atoms with Crippen LogP contribution in [0, 0.1) is 0 Å². The van der Waals surface area contributed by atoms with Gasteiger partial charge in [-0.25, -0.2) is 9.67 Å². The van der Waals surface area contributed by atoms with Gasteiger partial charge in [-0.2, -0.15) is 18.3 Å². The van der Waals surface area contributed by atoms with Crippen molar-refractivity contribution < 1.29 is 27.8 Å². The zero-order valence-electron chi connectivity index (χ0n) is 14.0. The Morgan fingerprint density at radius 3 is 2.54 bits per heavy atom. The van der Waals surface area contributed by atoms with Gasteiger partial charge in [-0.3, -0.25) is 0 Å². The monoisotopic (exact) mass is 369 g/mol. The van der Waals surface area contributed by atoms with E-state index in [1.54, 1.807) is 0 Å². The SMILES string of the molecule is CC1(c2ncn(C/C(O)=C\c3ccc(C(F)(F)F)cc3)n2)COCOC1. The summed E-state index contributed by atoms with van der Waals surface area (Å²) in [6.45, 7) is 3.08. The van der Waals surface area contributed by atoms with Crippen molar-refractivity contribution in [1.29, 1.82) is 0 Å². The summed E-state index contributed by atoms with van der Waals surface area (Å²) in [5.41, 5.74) is -0.743. The van der Waals surface area contributed by atoms with Gasteiger partial charge < -0.3 is 14.6 Å². The minimum Gasteiger partial charge on any atom is -0.510 e. The van der Waals surface area contributed by atoms with Crippen LogP contribution < -0.4 is 0 Å². The van der Waals surface area contributed by atoms with Gasteiger partial charge in [-0.15, -0.1) is 0 Å². The number of ether oxygens (including phenoxy) is 2. The van der Waals surface area contributed by atoms with E-state index >= 15 is 0 Å². The fourth-order valence-electron chi connectivity index (χ4n) is 2.58. The number of aliphatic hydroxyl groups excluding tert-OH is 1. The zero-order valence-corrected chi connectivity index (χ0v) is 14.0. The van der Waals surface area contributed by atoms with Crippen LogP contribution in [-0.2, 0) is 27.6 Å². The van der Waals surface area contributed by atoms with E-state index in [1.807, 2.05) is 6.92 Å². The quantitative estimate of drug-likeness (QED) is 0.839. The van der Waals surface area contributed by atoms with Crippen molar-refractivity contribution in [3.8, 4) is 0 Å². The predicted molar refractivity (Wildman–Crippen MR) is 86.2 cm³/mol. The lowest BCUT2D eigenvalue weighted by Crippen LogP contribution is -2.39. The van der Waals surface area contributed by atoms with E-state index in [-0.39, 0.29) is 19.1 Å². The first kappa shape index (κ1) is 18.4. The Balaban J connectivity index is 1.68.